The summed E-state index contributed by atoms with van der Waals surface area (Å²) in [5.74, 6) is -0.0336. The average Bonchev–Trinajstić information content (AvgIpc) is 2.18. The van der Waals surface area contributed by atoms with Crippen molar-refractivity contribution < 1.29 is 14.6 Å². The minimum Gasteiger partial charge on any atom is -0.504 e. The van der Waals surface area contributed by atoms with Gasteiger partial charge in [-0.25, -0.2) is 4.79 Å². The molecular formula is C11H9NO3. The van der Waals surface area contributed by atoms with Crippen LogP contribution in [0.25, 0.3) is 10.8 Å². The standard InChI is InChI=1S/C11H9NO3/c12-11(14)15-10-6-8-4-2-1-3-7(8)5-9(10)13/h1-6,13H,(H2,12,14). The highest BCUT2D eigenvalue weighted by atomic mass is 16.6. The van der Waals surface area contributed by atoms with Crippen LogP contribution in [0.4, 0.5) is 4.79 Å². The van der Waals surface area contributed by atoms with E-state index in [0.29, 0.717) is 0 Å². The molecule has 0 radical (unpaired) electrons. The Morgan fingerprint density at radius 3 is 2.40 bits per heavy atom. The molecular weight excluding hydrogens is 194 g/mol. The van der Waals surface area contributed by atoms with E-state index < -0.39 is 6.09 Å². The van der Waals surface area contributed by atoms with Crippen molar-refractivity contribution in [3.05, 3.63) is 36.4 Å². The molecule has 4 heteroatoms. The van der Waals surface area contributed by atoms with Gasteiger partial charge in [0, 0.05) is 0 Å². The summed E-state index contributed by atoms with van der Waals surface area (Å²) in [7, 11) is 0. The summed E-state index contributed by atoms with van der Waals surface area (Å²) in [5.41, 5.74) is 4.87. The lowest BCUT2D eigenvalue weighted by atomic mass is 10.1. The second-order valence-corrected chi connectivity index (χ2v) is 3.09. The number of phenols is 1. The largest absolute Gasteiger partial charge is 0.504 e. The predicted octanol–water partition coefficient (Wildman–Crippen LogP) is 2.00. The molecule has 0 fully saturated rings. The van der Waals surface area contributed by atoms with Gasteiger partial charge >= 0.3 is 6.09 Å². The van der Waals surface area contributed by atoms with Gasteiger partial charge in [-0.3, -0.25) is 0 Å². The third-order valence-corrected chi connectivity index (χ3v) is 2.04. The molecule has 0 bridgehead atoms. The number of benzene rings is 2. The number of nitrogens with two attached hydrogens (primary N) is 1. The molecule has 0 aromatic heterocycles. The monoisotopic (exact) mass is 203 g/mol. The van der Waals surface area contributed by atoms with Crippen molar-refractivity contribution >= 4 is 16.9 Å². The van der Waals surface area contributed by atoms with E-state index in [-0.39, 0.29) is 11.5 Å². The summed E-state index contributed by atoms with van der Waals surface area (Å²) < 4.78 is 4.64. The highest BCUT2D eigenvalue weighted by molar-refractivity contribution is 5.86. The molecule has 2 aromatic rings. The first-order valence-electron chi connectivity index (χ1n) is 4.36. The van der Waals surface area contributed by atoms with Gasteiger partial charge in [-0.1, -0.05) is 24.3 Å². The predicted molar refractivity (Wildman–Crippen MR) is 55.8 cm³/mol. The molecule has 3 N–H and O–H groups in total. The van der Waals surface area contributed by atoms with Crippen LogP contribution in [0.15, 0.2) is 36.4 Å². The molecule has 0 atom stereocenters. The van der Waals surface area contributed by atoms with E-state index in [4.69, 9.17) is 5.73 Å². The van der Waals surface area contributed by atoms with Crippen LogP contribution in [0.5, 0.6) is 11.5 Å². The summed E-state index contributed by atoms with van der Waals surface area (Å²) in [4.78, 5) is 10.5. The molecule has 0 aliphatic heterocycles. The van der Waals surface area contributed by atoms with E-state index in [1.54, 1.807) is 6.07 Å². The number of primary amides is 1. The number of carbonyl (C=O) groups excluding carboxylic acids is 1. The van der Waals surface area contributed by atoms with Gasteiger partial charge in [0.15, 0.2) is 11.5 Å². The van der Waals surface area contributed by atoms with Gasteiger partial charge in [0.25, 0.3) is 0 Å². The average molecular weight is 203 g/mol. The van der Waals surface area contributed by atoms with Gasteiger partial charge < -0.3 is 15.6 Å². The summed E-state index contributed by atoms with van der Waals surface area (Å²) in [6.45, 7) is 0. The smallest absolute Gasteiger partial charge is 0.410 e. The number of carbonyl (C=O) groups is 1. The molecule has 0 saturated carbocycles. The molecule has 76 valence electrons. The van der Waals surface area contributed by atoms with Gasteiger partial charge in [0.2, 0.25) is 0 Å². The Morgan fingerprint density at radius 2 is 1.80 bits per heavy atom. The van der Waals surface area contributed by atoms with Crippen LogP contribution in [-0.4, -0.2) is 11.2 Å². The lowest BCUT2D eigenvalue weighted by Crippen LogP contribution is -2.16. The number of fused-ring (bicyclic) bond motifs is 1. The van der Waals surface area contributed by atoms with Crippen molar-refractivity contribution in [3.63, 3.8) is 0 Å². The maximum atomic E-state index is 10.5. The number of hydrogen-bond donors (Lipinski definition) is 2. The van der Waals surface area contributed by atoms with Crippen molar-refractivity contribution in [2.45, 2.75) is 0 Å². The molecule has 4 nitrogen and oxygen atoms in total. The van der Waals surface area contributed by atoms with E-state index in [1.807, 2.05) is 24.3 Å². The Labute approximate surface area is 85.9 Å². The number of phenolic OH excluding ortho intramolecular Hbond substituents is 1. The Hall–Kier alpha value is -2.23. The number of rotatable bonds is 1. The molecule has 0 aliphatic carbocycles. The first kappa shape index (κ1) is 9.33. The molecule has 0 spiro atoms. The van der Waals surface area contributed by atoms with Gasteiger partial charge in [0.05, 0.1) is 0 Å². The van der Waals surface area contributed by atoms with Gasteiger partial charge in [-0.15, -0.1) is 0 Å². The van der Waals surface area contributed by atoms with Crippen LogP contribution in [0.2, 0.25) is 0 Å². The summed E-state index contributed by atoms with van der Waals surface area (Å²) >= 11 is 0. The Kier molecular flexibility index (Phi) is 2.17. The van der Waals surface area contributed by atoms with Gasteiger partial charge in [-0.2, -0.15) is 0 Å². The van der Waals surface area contributed by atoms with E-state index in [9.17, 15) is 9.90 Å². The summed E-state index contributed by atoms with van der Waals surface area (Å²) in [6, 6.07) is 10.5. The first-order chi connectivity index (χ1) is 7.16. The molecule has 0 heterocycles. The maximum Gasteiger partial charge on any atom is 0.410 e. The normalized spacial score (nSPS) is 10.1. The number of hydrogen-bond acceptors (Lipinski definition) is 3. The van der Waals surface area contributed by atoms with Gasteiger partial charge in [0.1, 0.15) is 0 Å². The van der Waals surface area contributed by atoms with Crippen LogP contribution in [0, 0.1) is 0 Å². The minimum atomic E-state index is -0.944. The maximum absolute atomic E-state index is 10.5. The molecule has 1 amide bonds. The Morgan fingerprint density at radius 1 is 1.20 bits per heavy atom. The SMILES string of the molecule is NC(=O)Oc1cc2ccccc2cc1O. The first-order valence-corrected chi connectivity index (χ1v) is 4.36. The molecule has 0 saturated heterocycles. The molecule has 2 aromatic carbocycles. The quantitative estimate of drug-likeness (QED) is 0.744. The van der Waals surface area contributed by atoms with Crippen LogP contribution in [0.1, 0.15) is 0 Å². The fourth-order valence-corrected chi connectivity index (χ4v) is 1.40. The van der Waals surface area contributed by atoms with Crippen LogP contribution in [0.3, 0.4) is 0 Å². The van der Waals surface area contributed by atoms with Crippen molar-refractivity contribution in [2.75, 3.05) is 0 Å². The molecule has 0 unspecified atom stereocenters. The van der Waals surface area contributed by atoms with Crippen molar-refractivity contribution in [3.8, 4) is 11.5 Å². The molecule has 0 aliphatic rings. The second kappa shape index (κ2) is 3.49. The fraction of sp³-hybridized carbons (Fsp3) is 0. The third-order valence-electron chi connectivity index (χ3n) is 2.04. The van der Waals surface area contributed by atoms with Crippen LogP contribution >= 0.6 is 0 Å². The van der Waals surface area contributed by atoms with Gasteiger partial charge in [-0.05, 0) is 22.9 Å². The summed E-state index contributed by atoms with van der Waals surface area (Å²) in [5, 5.41) is 11.3. The van der Waals surface area contributed by atoms with E-state index >= 15 is 0 Å². The van der Waals surface area contributed by atoms with Crippen LogP contribution < -0.4 is 10.5 Å². The fourth-order valence-electron chi connectivity index (χ4n) is 1.40. The third kappa shape index (κ3) is 1.83. The molecule has 15 heavy (non-hydrogen) atoms. The zero-order valence-electron chi connectivity index (χ0n) is 7.81. The topological polar surface area (TPSA) is 72.6 Å². The zero-order valence-corrected chi connectivity index (χ0v) is 7.81. The number of amides is 1. The van der Waals surface area contributed by atoms with E-state index in [0.717, 1.165) is 10.8 Å². The highest BCUT2D eigenvalue weighted by Gasteiger charge is 2.07. The lowest BCUT2D eigenvalue weighted by Gasteiger charge is -2.05. The Balaban J connectivity index is 2.56. The Bertz CT molecular complexity index is 522. The van der Waals surface area contributed by atoms with Crippen LogP contribution in [-0.2, 0) is 0 Å². The van der Waals surface area contributed by atoms with Crippen molar-refractivity contribution in [1.82, 2.24) is 0 Å². The summed E-state index contributed by atoms with van der Waals surface area (Å²) in [6.07, 6.45) is -0.944. The van der Waals surface area contributed by atoms with Crippen molar-refractivity contribution in [1.29, 1.82) is 0 Å². The second-order valence-electron chi connectivity index (χ2n) is 3.09. The van der Waals surface area contributed by atoms with E-state index in [1.165, 1.54) is 6.07 Å². The minimum absolute atomic E-state index is 0.0706. The number of ether oxygens (including phenoxy) is 1. The highest BCUT2D eigenvalue weighted by Crippen LogP contribution is 2.31. The molecule has 2 rings (SSSR count). The van der Waals surface area contributed by atoms with E-state index in [2.05, 4.69) is 4.74 Å². The lowest BCUT2D eigenvalue weighted by molar-refractivity contribution is 0.209. The zero-order chi connectivity index (χ0) is 10.8. The van der Waals surface area contributed by atoms with Crippen molar-refractivity contribution in [2.24, 2.45) is 5.73 Å². The number of aromatic hydroxyl groups is 1.